The van der Waals surface area contributed by atoms with E-state index in [0.29, 0.717) is 0 Å². The van der Waals surface area contributed by atoms with Crippen LogP contribution in [0.25, 0.3) is 0 Å². The van der Waals surface area contributed by atoms with Gasteiger partial charge >= 0.3 is 0 Å². The normalized spacial score (nSPS) is 10.2. The Morgan fingerprint density at radius 3 is 2.08 bits per heavy atom. The van der Waals surface area contributed by atoms with Crippen LogP contribution < -0.4 is 5.73 Å². The van der Waals surface area contributed by atoms with Gasteiger partial charge in [0, 0.05) is 14.3 Å². The van der Waals surface area contributed by atoms with E-state index in [4.69, 9.17) is 5.73 Å². The fourth-order valence-corrected chi connectivity index (χ4v) is 2.63. The molecular formula is C8H8Br3N. The van der Waals surface area contributed by atoms with Gasteiger partial charge in [-0.2, -0.15) is 0 Å². The molecule has 1 aromatic rings. The molecule has 12 heavy (non-hydrogen) atoms. The molecule has 2 N–H and O–H groups in total. The van der Waals surface area contributed by atoms with Crippen molar-refractivity contribution in [2.75, 3.05) is 11.1 Å². The van der Waals surface area contributed by atoms with Crippen molar-refractivity contribution in [2.45, 2.75) is 6.42 Å². The van der Waals surface area contributed by atoms with Gasteiger partial charge in [0.2, 0.25) is 0 Å². The highest BCUT2D eigenvalue weighted by atomic mass is 79.9. The van der Waals surface area contributed by atoms with Crippen molar-refractivity contribution in [2.24, 2.45) is 0 Å². The summed E-state index contributed by atoms with van der Waals surface area (Å²) in [5.41, 5.74) is 7.76. The first kappa shape index (κ1) is 10.5. The highest BCUT2D eigenvalue weighted by Crippen LogP contribution is 2.29. The summed E-state index contributed by atoms with van der Waals surface area (Å²) in [5.74, 6) is 0. The van der Waals surface area contributed by atoms with E-state index in [0.717, 1.165) is 26.4 Å². The molecule has 0 amide bonds. The van der Waals surface area contributed by atoms with E-state index in [1.165, 1.54) is 5.56 Å². The average molecular weight is 358 g/mol. The largest absolute Gasteiger partial charge is 0.397 e. The van der Waals surface area contributed by atoms with Crippen molar-refractivity contribution in [1.82, 2.24) is 0 Å². The number of benzene rings is 1. The third-order valence-electron chi connectivity index (χ3n) is 1.52. The summed E-state index contributed by atoms with van der Waals surface area (Å²) in [6.07, 6.45) is 1.01. The van der Waals surface area contributed by atoms with Crippen LogP contribution in [0.1, 0.15) is 5.56 Å². The van der Waals surface area contributed by atoms with Crippen LogP contribution in [0.15, 0.2) is 21.1 Å². The van der Waals surface area contributed by atoms with Crippen molar-refractivity contribution >= 4 is 53.5 Å². The maximum absolute atomic E-state index is 5.74. The topological polar surface area (TPSA) is 26.0 Å². The Bertz CT molecular complexity index is 263. The number of anilines is 1. The van der Waals surface area contributed by atoms with Gasteiger partial charge in [0.05, 0.1) is 5.69 Å². The van der Waals surface area contributed by atoms with E-state index in [9.17, 15) is 0 Å². The molecule has 0 spiro atoms. The van der Waals surface area contributed by atoms with Crippen molar-refractivity contribution < 1.29 is 0 Å². The predicted molar refractivity (Wildman–Crippen MR) is 63.8 cm³/mol. The van der Waals surface area contributed by atoms with Gasteiger partial charge in [-0.1, -0.05) is 15.9 Å². The lowest BCUT2D eigenvalue weighted by Gasteiger charge is -2.04. The Labute approximate surface area is 97.1 Å². The maximum atomic E-state index is 5.74. The number of alkyl halides is 1. The highest BCUT2D eigenvalue weighted by molar-refractivity contribution is 9.11. The van der Waals surface area contributed by atoms with E-state index in [1.54, 1.807) is 0 Å². The first-order chi connectivity index (χ1) is 5.65. The van der Waals surface area contributed by atoms with E-state index in [-0.39, 0.29) is 0 Å². The fraction of sp³-hybridized carbons (Fsp3) is 0.250. The first-order valence-corrected chi connectivity index (χ1v) is 6.15. The smallest absolute Gasteiger partial charge is 0.0603 e. The van der Waals surface area contributed by atoms with E-state index < -0.39 is 0 Å². The highest BCUT2D eigenvalue weighted by Gasteiger charge is 2.02. The van der Waals surface area contributed by atoms with Gasteiger partial charge in [-0.3, -0.25) is 0 Å². The van der Waals surface area contributed by atoms with E-state index in [1.807, 2.05) is 12.1 Å². The third kappa shape index (κ3) is 2.47. The molecule has 4 heteroatoms. The molecule has 1 nitrogen and oxygen atoms in total. The third-order valence-corrected chi connectivity index (χ3v) is 3.23. The van der Waals surface area contributed by atoms with Gasteiger partial charge in [-0.25, -0.2) is 0 Å². The Hall–Kier alpha value is 0.460. The minimum Gasteiger partial charge on any atom is -0.397 e. The summed E-state index contributed by atoms with van der Waals surface area (Å²) in [7, 11) is 0. The van der Waals surface area contributed by atoms with Crippen LogP contribution in [0.2, 0.25) is 0 Å². The zero-order valence-electron chi connectivity index (χ0n) is 6.28. The summed E-state index contributed by atoms with van der Waals surface area (Å²) in [6, 6.07) is 4.09. The molecule has 0 saturated carbocycles. The van der Waals surface area contributed by atoms with Gasteiger partial charge < -0.3 is 5.73 Å². The van der Waals surface area contributed by atoms with Crippen LogP contribution >= 0.6 is 47.8 Å². The summed E-state index contributed by atoms with van der Waals surface area (Å²) >= 11 is 10.2. The molecule has 0 radical (unpaired) electrons. The van der Waals surface area contributed by atoms with Crippen LogP contribution in [0, 0.1) is 0 Å². The number of hydrogen-bond donors (Lipinski definition) is 1. The first-order valence-electron chi connectivity index (χ1n) is 3.44. The van der Waals surface area contributed by atoms with E-state index >= 15 is 0 Å². The molecule has 0 saturated heterocycles. The number of hydrogen-bond acceptors (Lipinski definition) is 1. The summed E-state index contributed by atoms with van der Waals surface area (Å²) < 4.78 is 1.90. The summed E-state index contributed by atoms with van der Waals surface area (Å²) in [4.78, 5) is 0. The predicted octanol–water partition coefficient (Wildman–Crippen LogP) is 3.73. The molecule has 0 aromatic heterocycles. The number of halogens is 3. The molecule has 1 aromatic carbocycles. The SMILES string of the molecule is Nc1c(Br)cc(CCBr)cc1Br. The van der Waals surface area contributed by atoms with Crippen LogP contribution in [0.5, 0.6) is 0 Å². The van der Waals surface area contributed by atoms with Crippen LogP contribution in [-0.4, -0.2) is 5.33 Å². The van der Waals surface area contributed by atoms with Gasteiger partial charge in [0.15, 0.2) is 0 Å². The molecule has 66 valence electrons. The molecule has 0 atom stereocenters. The lowest BCUT2D eigenvalue weighted by Crippen LogP contribution is -1.92. The number of aryl methyl sites for hydroxylation is 1. The Balaban J connectivity index is 3.04. The van der Waals surface area contributed by atoms with Gasteiger partial charge in [-0.05, 0) is 56.0 Å². The molecule has 0 aliphatic carbocycles. The molecule has 0 heterocycles. The van der Waals surface area contributed by atoms with E-state index in [2.05, 4.69) is 47.8 Å². The zero-order valence-corrected chi connectivity index (χ0v) is 11.0. The fourth-order valence-electron chi connectivity index (χ4n) is 0.890. The molecular weight excluding hydrogens is 350 g/mol. The van der Waals surface area contributed by atoms with Gasteiger partial charge in [0.25, 0.3) is 0 Å². The van der Waals surface area contributed by atoms with Crippen LogP contribution in [0.3, 0.4) is 0 Å². The summed E-state index contributed by atoms with van der Waals surface area (Å²) in [6.45, 7) is 0. The van der Waals surface area contributed by atoms with Crippen molar-refractivity contribution in [3.63, 3.8) is 0 Å². The molecule has 0 unspecified atom stereocenters. The lowest BCUT2D eigenvalue weighted by atomic mass is 10.1. The molecule has 0 aliphatic heterocycles. The van der Waals surface area contributed by atoms with Crippen LogP contribution in [-0.2, 0) is 6.42 Å². The van der Waals surface area contributed by atoms with Crippen LogP contribution in [0.4, 0.5) is 5.69 Å². The Morgan fingerprint density at radius 1 is 1.17 bits per heavy atom. The Kier molecular flexibility index (Phi) is 4.06. The minimum absolute atomic E-state index is 0.758. The second-order valence-electron chi connectivity index (χ2n) is 2.41. The number of nitrogen functional groups attached to an aromatic ring is 1. The maximum Gasteiger partial charge on any atom is 0.0603 e. The lowest BCUT2D eigenvalue weighted by molar-refractivity contribution is 1.16. The molecule has 0 bridgehead atoms. The summed E-state index contributed by atoms with van der Waals surface area (Å²) in [5, 5.41) is 0.968. The standard InChI is InChI=1S/C8H8Br3N/c9-2-1-5-3-6(10)8(12)7(11)4-5/h3-4H,1-2,12H2. The van der Waals surface area contributed by atoms with Crippen molar-refractivity contribution in [3.8, 4) is 0 Å². The van der Waals surface area contributed by atoms with Gasteiger partial charge in [-0.15, -0.1) is 0 Å². The minimum atomic E-state index is 0.758. The Morgan fingerprint density at radius 2 is 1.67 bits per heavy atom. The molecule has 0 fully saturated rings. The zero-order chi connectivity index (χ0) is 9.14. The number of nitrogens with two attached hydrogens (primary N) is 1. The van der Waals surface area contributed by atoms with Gasteiger partial charge in [0.1, 0.15) is 0 Å². The quantitative estimate of drug-likeness (QED) is 0.633. The molecule has 1 rings (SSSR count). The van der Waals surface area contributed by atoms with Crippen molar-refractivity contribution in [1.29, 1.82) is 0 Å². The average Bonchev–Trinajstić information content (AvgIpc) is 2.01. The molecule has 0 aliphatic rings. The monoisotopic (exact) mass is 355 g/mol. The second-order valence-corrected chi connectivity index (χ2v) is 4.91. The van der Waals surface area contributed by atoms with Crippen molar-refractivity contribution in [3.05, 3.63) is 26.6 Å². The number of rotatable bonds is 2. The second kappa shape index (κ2) is 4.63.